The van der Waals surface area contributed by atoms with E-state index in [0.29, 0.717) is 41.3 Å². The Bertz CT molecular complexity index is 789. The van der Waals surface area contributed by atoms with Crippen molar-refractivity contribution < 1.29 is 14.3 Å². The van der Waals surface area contributed by atoms with Crippen LogP contribution in [-0.4, -0.2) is 40.3 Å². The number of ether oxygens (including phenoxy) is 1. The molecule has 0 bridgehead atoms. The molecule has 1 aliphatic carbocycles. The summed E-state index contributed by atoms with van der Waals surface area (Å²) in [6.07, 6.45) is 2.55. The van der Waals surface area contributed by atoms with Crippen LogP contribution in [0.2, 0.25) is 0 Å². The van der Waals surface area contributed by atoms with E-state index in [1.54, 1.807) is 28.8 Å². The SMILES string of the molecule is CCC(=O)N(c1nnc(SCCOc2ccccc2C(C)=O)s1)C1CC1. The first-order valence-corrected chi connectivity index (χ1v) is 10.4. The summed E-state index contributed by atoms with van der Waals surface area (Å²) in [5.74, 6) is 1.38. The van der Waals surface area contributed by atoms with Gasteiger partial charge in [0.25, 0.3) is 0 Å². The fourth-order valence-electron chi connectivity index (χ4n) is 2.49. The molecule has 8 heteroatoms. The molecule has 0 N–H and O–H groups in total. The van der Waals surface area contributed by atoms with Crippen LogP contribution in [0.4, 0.5) is 5.13 Å². The third kappa shape index (κ3) is 4.62. The Labute approximate surface area is 160 Å². The smallest absolute Gasteiger partial charge is 0.228 e. The molecule has 0 saturated heterocycles. The van der Waals surface area contributed by atoms with Crippen LogP contribution in [0.25, 0.3) is 0 Å². The van der Waals surface area contributed by atoms with Gasteiger partial charge in [-0.15, -0.1) is 10.2 Å². The largest absolute Gasteiger partial charge is 0.492 e. The van der Waals surface area contributed by atoms with E-state index in [-0.39, 0.29) is 11.7 Å². The van der Waals surface area contributed by atoms with Gasteiger partial charge in [0.15, 0.2) is 10.1 Å². The summed E-state index contributed by atoms with van der Waals surface area (Å²) in [5.41, 5.74) is 0.592. The number of carbonyl (C=O) groups is 2. The minimum atomic E-state index is -0.0113. The van der Waals surface area contributed by atoms with Crippen molar-refractivity contribution in [1.29, 1.82) is 0 Å². The van der Waals surface area contributed by atoms with Crippen LogP contribution in [0.1, 0.15) is 43.5 Å². The van der Waals surface area contributed by atoms with E-state index in [9.17, 15) is 9.59 Å². The number of amides is 1. The molecule has 1 aromatic carbocycles. The molecular formula is C18H21N3O3S2. The number of ketones is 1. The molecule has 3 rings (SSSR count). The third-order valence-electron chi connectivity index (χ3n) is 3.92. The van der Waals surface area contributed by atoms with Gasteiger partial charge in [-0.1, -0.05) is 42.2 Å². The number of Topliss-reactive ketones (excluding diaryl/α,β-unsaturated/α-hetero) is 1. The van der Waals surface area contributed by atoms with Gasteiger partial charge in [-0.3, -0.25) is 14.5 Å². The Kier molecular flexibility index (Phi) is 6.26. The lowest BCUT2D eigenvalue weighted by atomic mass is 10.1. The predicted molar refractivity (Wildman–Crippen MR) is 103 cm³/mol. The van der Waals surface area contributed by atoms with Crippen LogP contribution < -0.4 is 9.64 Å². The van der Waals surface area contributed by atoms with E-state index in [4.69, 9.17) is 4.74 Å². The molecule has 1 saturated carbocycles. The first-order valence-electron chi connectivity index (χ1n) is 8.61. The molecule has 1 aromatic heterocycles. The van der Waals surface area contributed by atoms with Gasteiger partial charge in [0, 0.05) is 18.2 Å². The first-order chi connectivity index (χ1) is 12.6. The summed E-state index contributed by atoms with van der Waals surface area (Å²) in [6.45, 7) is 3.86. The summed E-state index contributed by atoms with van der Waals surface area (Å²) in [4.78, 5) is 25.5. The lowest BCUT2D eigenvalue weighted by Crippen LogP contribution is -2.32. The maximum atomic E-state index is 12.1. The van der Waals surface area contributed by atoms with Gasteiger partial charge in [0.1, 0.15) is 5.75 Å². The van der Waals surface area contributed by atoms with E-state index in [0.717, 1.165) is 17.2 Å². The van der Waals surface area contributed by atoms with Crippen molar-refractivity contribution in [3.8, 4) is 5.75 Å². The molecule has 26 heavy (non-hydrogen) atoms. The highest BCUT2D eigenvalue weighted by molar-refractivity contribution is 8.01. The Balaban J connectivity index is 1.53. The molecule has 0 spiro atoms. The maximum Gasteiger partial charge on any atom is 0.228 e. The standard InChI is InChI=1S/C18H21N3O3S2/c1-3-16(23)21(13-8-9-13)17-19-20-18(26-17)25-11-10-24-15-7-5-4-6-14(15)12(2)22/h4-7,13H,3,8-11H2,1-2H3. The van der Waals surface area contributed by atoms with Gasteiger partial charge in [-0.2, -0.15) is 0 Å². The summed E-state index contributed by atoms with van der Waals surface area (Å²) in [7, 11) is 0. The number of anilines is 1. The molecule has 1 heterocycles. The number of thioether (sulfide) groups is 1. The monoisotopic (exact) mass is 391 g/mol. The summed E-state index contributed by atoms with van der Waals surface area (Å²) in [5, 5.41) is 9.06. The van der Waals surface area contributed by atoms with Crippen molar-refractivity contribution >= 4 is 39.9 Å². The molecule has 0 aliphatic heterocycles. The number of aromatic nitrogens is 2. The Morgan fingerprint density at radius 1 is 1.31 bits per heavy atom. The van der Waals surface area contributed by atoms with E-state index >= 15 is 0 Å². The van der Waals surface area contributed by atoms with Gasteiger partial charge < -0.3 is 4.74 Å². The lowest BCUT2D eigenvalue weighted by molar-refractivity contribution is -0.118. The molecule has 1 fully saturated rings. The number of rotatable bonds is 9. The van der Waals surface area contributed by atoms with Crippen LogP contribution in [0.3, 0.4) is 0 Å². The second kappa shape index (κ2) is 8.64. The first kappa shape index (κ1) is 18.8. The molecule has 1 amide bonds. The minimum Gasteiger partial charge on any atom is -0.492 e. The summed E-state index contributed by atoms with van der Waals surface area (Å²) < 4.78 is 6.55. The molecule has 6 nitrogen and oxygen atoms in total. The fourth-order valence-corrected chi connectivity index (χ4v) is 4.31. The average Bonchev–Trinajstić information content (AvgIpc) is 3.37. The number of hydrogen-bond donors (Lipinski definition) is 0. The quantitative estimate of drug-likeness (QED) is 0.280. The van der Waals surface area contributed by atoms with Gasteiger partial charge in [0.2, 0.25) is 11.0 Å². The highest BCUT2D eigenvalue weighted by atomic mass is 32.2. The number of benzene rings is 1. The van der Waals surface area contributed by atoms with Crippen LogP contribution in [-0.2, 0) is 4.79 Å². The van der Waals surface area contributed by atoms with Crippen molar-refractivity contribution in [3.63, 3.8) is 0 Å². The van der Waals surface area contributed by atoms with Gasteiger partial charge in [-0.05, 0) is 31.9 Å². The zero-order chi connectivity index (χ0) is 18.5. The number of para-hydroxylation sites is 1. The normalized spacial score (nSPS) is 13.5. The maximum absolute atomic E-state index is 12.1. The van der Waals surface area contributed by atoms with E-state index in [2.05, 4.69) is 10.2 Å². The second-order valence-corrected chi connectivity index (χ2v) is 8.25. The number of nitrogens with zero attached hydrogens (tertiary/aromatic N) is 3. The fraction of sp³-hybridized carbons (Fsp3) is 0.444. The summed E-state index contributed by atoms with van der Waals surface area (Å²) >= 11 is 2.98. The Hall–Kier alpha value is -1.93. The highest BCUT2D eigenvalue weighted by Crippen LogP contribution is 2.36. The number of carbonyl (C=O) groups excluding carboxylic acids is 2. The van der Waals surface area contributed by atoms with E-state index in [1.165, 1.54) is 18.3 Å². The minimum absolute atomic E-state index is 0.0113. The van der Waals surface area contributed by atoms with Gasteiger partial charge in [0.05, 0.1) is 12.2 Å². The van der Waals surface area contributed by atoms with Crippen LogP contribution in [0, 0.1) is 0 Å². The van der Waals surface area contributed by atoms with Crippen LogP contribution in [0.5, 0.6) is 5.75 Å². The topological polar surface area (TPSA) is 72.4 Å². The molecule has 0 radical (unpaired) electrons. The molecular weight excluding hydrogens is 370 g/mol. The van der Waals surface area contributed by atoms with Crippen molar-refractivity contribution in [2.24, 2.45) is 0 Å². The van der Waals surface area contributed by atoms with E-state index in [1.807, 2.05) is 19.1 Å². The second-order valence-electron chi connectivity index (χ2n) is 5.95. The Morgan fingerprint density at radius 3 is 2.77 bits per heavy atom. The van der Waals surface area contributed by atoms with Gasteiger partial charge in [-0.25, -0.2) is 0 Å². The highest BCUT2D eigenvalue weighted by Gasteiger charge is 2.35. The van der Waals surface area contributed by atoms with Crippen LogP contribution >= 0.6 is 23.1 Å². The molecule has 0 atom stereocenters. The average molecular weight is 392 g/mol. The van der Waals surface area contributed by atoms with Crippen molar-refractivity contribution in [3.05, 3.63) is 29.8 Å². The van der Waals surface area contributed by atoms with Crippen molar-refractivity contribution in [1.82, 2.24) is 10.2 Å². The van der Waals surface area contributed by atoms with E-state index < -0.39 is 0 Å². The summed E-state index contributed by atoms with van der Waals surface area (Å²) in [6, 6.07) is 7.53. The third-order valence-corrected chi connectivity index (χ3v) is 5.94. The predicted octanol–water partition coefficient (Wildman–Crippen LogP) is 3.82. The zero-order valence-corrected chi connectivity index (χ0v) is 16.4. The van der Waals surface area contributed by atoms with Crippen molar-refractivity contribution in [2.75, 3.05) is 17.3 Å². The Morgan fingerprint density at radius 2 is 2.08 bits per heavy atom. The zero-order valence-electron chi connectivity index (χ0n) is 14.8. The molecule has 138 valence electrons. The van der Waals surface area contributed by atoms with Crippen LogP contribution in [0.15, 0.2) is 28.6 Å². The molecule has 1 aliphatic rings. The molecule has 2 aromatic rings. The van der Waals surface area contributed by atoms with Crippen molar-refractivity contribution in [2.45, 2.75) is 43.5 Å². The number of hydrogen-bond acceptors (Lipinski definition) is 7. The lowest BCUT2D eigenvalue weighted by Gasteiger charge is -2.17. The molecule has 0 unspecified atom stereocenters. The van der Waals surface area contributed by atoms with Gasteiger partial charge >= 0.3 is 0 Å².